The SMILES string of the molecule is FC(COc1ccc2c(c1)[nH]c1ccccc12)=C1CN2CCC1CC2.[B]. The van der Waals surface area contributed by atoms with E-state index in [0.717, 1.165) is 49.1 Å². The molecule has 0 amide bonds. The lowest BCUT2D eigenvalue weighted by molar-refractivity contribution is 0.154. The third kappa shape index (κ3) is 2.90. The first-order chi connectivity index (χ1) is 12.3. The van der Waals surface area contributed by atoms with Crippen LogP contribution in [0.3, 0.4) is 0 Å². The Bertz CT molecular complexity index is 972. The Morgan fingerprint density at radius 3 is 2.62 bits per heavy atom. The van der Waals surface area contributed by atoms with Crippen LogP contribution in [0, 0.1) is 5.92 Å². The maximum atomic E-state index is 14.6. The van der Waals surface area contributed by atoms with Crippen LogP contribution in [0.25, 0.3) is 21.8 Å². The summed E-state index contributed by atoms with van der Waals surface area (Å²) in [6.07, 6.45) is 2.17. The second-order valence-corrected chi connectivity index (χ2v) is 7.15. The summed E-state index contributed by atoms with van der Waals surface area (Å²) in [6, 6.07) is 14.2. The number of aromatic amines is 1. The second kappa shape index (κ2) is 6.80. The van der Waals surface area contributed by atoms with Crippen molar-refractivity contribution in [3.8, 4) is 5.75 Å². The molecule has 0 saturated carbocycles. The van der Waals surface area contributed by atoms with Gasteiger partial charge in [0, 0.05) is 37.3 Å². The van der Waals surface area contributed by atoms with Crippen LogP contribution < -0.4 is 4.74 Å². The molecule has 3 fully saturated rings. The maximum Gasteiger partial charge on any atom is 0.140 e. The molecule has 3 aromatic rings. The number of aromatic nitrogens is 1. The summed E-state index contributed by atoms with van der Waals surface area (Å²) in [4.78, 5) is 5.74. The van der Waals surface area contributed by atoms with E-state index in [2.05, 4.69) is 22.0 Å². The molecule has 26 heavy (non-hydrogen) atoms. The Labute approximate surface area is 154 Å². The number of fused-ring (bicyclic) bond motifs is 6. The molecule has 0 aliphatic carbocycles. The Morgan fingerprint density at radius 2 is 1.85 bits per heavy atom. The molecule has 0 unspecified atom stereocenters. The first kappa shape index (κ1) is 17.2. The zero-order valence-corrected chi connectivity index (χ0v) is 14.7. The minimum Gasteiger partial charge on any atom is -0.486 e. The van der Waals surface area contributed by atoms with Gasteiger partial charge in [0.1, 0.15) is 18.2 Å². The van der Waals surface area contributed by atoms with Crippen molar-refractivity contribution < 1.29 is 9.13 Å². The van der Waals surface area contributed by atoms with E-state index < -0.39 is 0 Å². The lowest BCUT2D eigenvalue weighted by atomic mass is 9.83. The zero-order valence-electron chi connectivity index (χ0n) is 14.7. The Morgan fingerprint density at radius 1 is 1.08 bits per heavy atom. The first-order valence-electron chi connectivity index (χ1n) is 9.01. The standard InChI is InChI=1S/C21H21FN2O.B/c22-19(18-12-24-9-7-14(18)8-10-24)13-25-15-5-6-17-16-3-1-2-4-20(16)23-21(17)11-15;/h1-6,11,14,23H,7-10,12-13H2;. The first-order valence-corrected chi connectivity index (χ1v) is 9.01. The van der Waals surface area contributed by atoms with Crippen molar-refractivity contribution in [2.45, 2.75) is 12.8 Å². The van der Waals surface area contributed by atoms with Gasteiger partial charge in [0.05, 0.1) is 5.52 Å². The summed E-state index contributed by atoms with van der Waals surface area (Å²) >= 11 is 0. The summed E-state index contributed by atoms with van der Waals surface area (Å²) < 4.78 is 20.4. The van der Waals surface area contributed by atoms with Gasteiger partial charge in [-0.05, 0) is 55.6 Å². The van der Waals surface area contributed by atoms with Crippen LogP contribution >= 0.6 is 0 Å². The fraction of sp³-hybridized carbons (Fsp3) is 0.333. The second-order valence-electron chi connectivity index (χ2n) is 7.15. The number of nitrogens with one attached hydrogen (secondary N) is 1. The van der Waals surface area contributed by atoms with E-state index in [-0.39, 0.29) is 20.8 Å². The number of nitrogens with zero attached hydrogens (tertiary/aromatic N) is 1. The molecule has 3 aliphatic rings. The average molecular weight is 347 g/mol. The highest BCUT2D eigenvalue weighted by atomic mass is 19.1. The van der Waals surface area contributed by atoms with E-state index in [1.165, 1.54) is 10.8 Å². The number of benzene rings is 2. The molecule has 0 spiro atoms. The van der Waals surface area contributed by atoms with E-state index in [9.17, 15) is 4.39 Å². The average Bonchev–Trinajstić information content (AvgIpc) is 3.04. The molecule has 131 valence electrons. The normalized spacial score (nSPS) is 23.9. The summed E-state index contributed by atoms with van der Waals surface area (Å²) in [6.45, 7) is 3.03. The number of halogens is 1. The van der Waals surface area contributed by atoms with Gasteiger partial charge in [-0.2, -0.15) is 0 Å². The molecular formula is C21H21BFN2O. The predicted octanol–water partition coefficient (Wildman–Crippen LogP) is 4.27. The number of hydrogen-bond donors (Lipinski definition) is 1. The third-order valence-corrected chi connectivity index (χ3v) is 5.67. The predicted molar refractivity (Wildman–Crippen MR) is 104 cm³/mol. The van der Waals surface area contributed by atoms with Crippen molar-refractivity contribution >= 4 is 30.2 Å². The minimum absolute atomic E-state index is 0. The van der Waals surface area contributed by atoms with Gasteiger partial charge in [0.15, 0.2) is 0 Å². The van der Waals surface area contributed by atoms with Gasteiger partial charge < -0.3 is 9.72 Å². The number of hydrogen-bond acceptors (Lipinski definition) is 2. The molecule has 3 saturated heterocycles. The van der Waals surface area contributed by atoms with E-state index in [1.807, 2.05) is 30.3 Å². The highest BCUT2D eigenvalue weighted by Crippen LogP contribution is 2.34. The highest BCUT2D eigenvalue weighted by molar-refractivity contribution is 6.07. The number of H-pyrrole nitrogens is 1. The molecule has 0 atom stereocenters. The van der Waals surface area contributed by atoms with Gasteiger partial charge in [-0.15, -0.1) is 0 Å². The molecule has 3 aliphatic heterocycles. The topological polar surface area (TPSA) is 28.3 Å². The smallest absolute Gasteiger partial charge is 0.140 e. The molecule has 3 nitrogen and oxygen atoms in total. The van der Waals surface area contributed by atoms with E-state index in [1.54, 1.807) is 0 Å². The monoisotopic (exact) mass is 347 g/mol. The largest absolute Gasteiger partial charge is 0.486 e. The van der Waals surface area contributed by atoms with E-state index in [4.69, 9.17) is 4.74 Å². The van der Waals surface area contributed by atoms with Crippen LogP contribution in [-0.2, 0) is 0 Å². The van der Waals surface area contributed by atoms with E-state index >= 15 is 0 Å². The van der Waals surface area contributed by atoms with Crippen LogP contribution in [0.1, 0.15) is 12.8 Å². The van der Waals surface area contributed by atoms with Crippen LogP contribution in [0.15, 0.2) is 53.9 Å². The van der Waals surface area contributed by atoms with Gasteiger partial charge >= 0.3 is 0 Å². The number of rotatable bonds is 3. The van der Waals surface area contributed by atoms with Crippen LogP contribution in [0.5, 0.6) is 5.75 Å². The molecule has 3 radical (unpaired) electrons. The Hall–Kier alpha value is -2.27. The minimum atomic E-state index is -0.0776. The van der Waals surface area contributed by atoms with Crippen molar-refractivity contribution in [3.63, 3.8) is 0 Å². The zero-order chi connectivity index (χ0) is 16.8. The summed E-state index contributed by atoms with van der Waals surface area (Å²) in [5.41, 5.74) is 3.09. The van der Waals surface area contributed by atoms with Crippen molar-refractivity contribution in [1.82, 2.24) is 9.88 Å². The third-order valence-electron chi connectivity index (χ3n) is 5.67. The molecule has 6 rings (SSSR count). The molecule has 5 heteroatoms. The highest BCUT2D eigenvalue weighted by Gasteiger charge is 2.31. The van der Waals surface area contributed by atoms with Crippen molar-refractivity contribution in [2.24, 2.45) is 5.92 Å². The fourth-order valence-electron chi connectivity index (χ4n) is 4.28. The molecule has 2 bridgehead atoms. The number of para-hydroxylation sites is 1. The summed E-state index contributed by atoms with van der Waals surface area (Å²) in [7, 11) is 0. The lowest BCUT2D eigenvalue weighted by Crippen LogP contribution is -2.43. The summed E-state index contributed by atoms with van der Waals surface area (Å²) in [5, 5.41) is 2.36. The molecule has 2 aromatic carbocycles. The molecule has 1 N–H and O–H groups in total. The van der Waals surface area contributed by atoms with Crippen LogP contribution in [0.4, 0.5) is 4.39 Å². The summed E-state index contributed by atoms with van der Waals surface area (Å²) in [5.74, 6) is 1.05. The molecular weight excluding hydrogens is 326 g/mol. The van der Waals surface area contributed by atoms with Crippen molar-refractivity contribution in [3.05, 3.63) is 53.9 Å². The van der Waals surface area contributed by atoms with Crippen LogP contribution in [0.2, 0.25) is 0 Å². The van der Waals surface area contributed by atoms with Crippen molar-refractivity contribution in [1.29, 1.82) is 0 Å². The Kier molecular flexibility index (Phi) is 4.49. The number of piperidine rings is 3. The number of ether oxygens (including phenoxy) is 1. The van der Waals surface area contributed by atoms with E-state index in [0.29, 0.717) is 11.7 Å². The van der Waals surface area contributed by atoms with Gasteiger partial charge in [-0.3, -0.25) is 4.90 Å². The van der Waals surface area contributed by atoms with Gasteiger partial charge in [0.2, 0.25) is 0 Å². The molecule has 4 heterocycles. The van der Waals surface area contributed by atoms with Gasteiger partial charge in [0.25, 0.3) is 0 Å². The van der Waals surface area contributed by atoms with Gasteiger partial charge in [-0.25, -0.2) is 4.39 Å². The Balaban J connectivity index is 0.00000168. The quantitative estimate of drug-likeness (QED) is 0.717. The molecule has 1 aromatic heterocycles. The van der Waals surface area contributed by atoms with Gasteiger partial charge in [-0.1, -0.05) is 18.2 Å². The van der Waals surface area contributed by atoms with Crippen LogP contribution in [-0.4, -0.2) is 44.5 Å². The lowest BCUT2D eigenvalue weighted by Gasteiger charge is -2.41. The maximum absolute atomic E-state index is 14.6. The van der Waals surface area contributed by atoms with Crippen molar-refractivity contribution in [2.75, 3.05) is 26.2 Å². The fourth-order valence-corrected chi connectivity index (χ4v) is 4.28.